The molecular formula is C11H14N4OS. The molecule has 0 saturated carbocycles. The van der Waals surface area contributed by atoms with Gasteiger partial charge in [0.05, 0.1) is 6.54 Å². The van der Waals surface area contributed by atoms with Gasteiger partial charge in [-0.2, -0.15) is 5.10 Å². The van der Waals surface area contributed by atoms with Crippen LogP contribution >= 0.6 is 11.3 Å². The number of nitrogens with zero attached hydrogens (tertiary/aromatic N) is 2. The van der Waals surface area contributed by atoms with Crippen LogP contribution in [0, 0.1) is 0 Å². The van der Waals surface area contributed by atoms with Gasteiger partial charge in [0.25, 0.3) is 0 Å². The lowest BCUT2D eigenvalue weighted by Gasteiger charge is -2.10. The van der Waals surface area contributed by atoms with Gasteiger partial charge in [-0.1, -0.05) is 6.07 Å². The number of aromatic nitrogens is 2. The van der Waals surface area contributed by atoms with Crippen LogP contribution in [0.25, 0.3) is 0 Å². The largest absolute Gasteiger partial charge is 0.353 e. The number of rotatable bonds is 5. The summed E-state index contributed by atoms with van der Waals surface area (Å²) in [5, 5.41) is 8.74. The van der Waals surface area contributed by atoms with Crippen LogP contribution in [0.1, 0.15) is 10.9 Å². The lowest BCUT2D eigenvalue weighted by molar-refractivity contribution is -0.122. The molecular weight excluding hydrogens is 236 g/mol. The second-order valence-electron chi connectivity index (χ2n) is 3.55. The third kappa shape index (κ3) is 3.15. The molecule has 0 fully saturated rings. The van der Waals surface area contributed by atoms with E-state index < -0.39 is 6.04 Å². The quantitative estimate of drug-likeness (QED) is 0.823. The predicted molar refractivity (Wildman–Crippen MR) is 66.5 cm³/mol. The Labute approximate surface area is 103 Å². The fourth-order valence-corrected chi connectivity index (χ4v) is 2.16. The monoisotopic (exact) mass is 250 g/mol. The summed E-state index contributed by atoms with van der Waals surface area (Å²) in [5.41, 5.74) is 5.82. The third-order valence-electron chi connectivity index (χ3n) is 2.33. The maximum atomic E-state index is 11.7. The molecule has 3 N–H and O–H groups in total. The van der Waals surface area contributed by atoms with Crippen LogP contribution in [0.15, 0.2) is 36.0 Å². The fraction of sp³-hybridized carbons (Fsp3) is 0.273. The molecule has 0 aliphatic carbocycles. The number of hydrogen-bond acceptors (Lipinski definition) is 4. The molecule has 1 unspecified atom stereocenters. The van der Waals surface area contributed by atoms with Crippen molar-refractivity contribution >= 4 is 17.2 Å². The Kier molecular flexibility index (Phi) is 3.89. The maximum Gasteiger partial charge on any atom is 0.242 e. The van der Waals surface area contributed by atoms with E-state index in [0.717, 1.165) is 4.88 Å². The van der Waals surface area contributed by atoms with E-state index >= 15 is 0 Å². The predicted octanol–water partition coefficient (Wildman–Crippen LogP) is 0.761. The first-order valence-corrected chi connectivity index (χ1v) is 6.19. The number of amides is 1. The van der Waals surface area contributed by atoms with Gasteiger partial charge in [0.1, 0.15) is 6.04 Å². The molecule has 1 amide bonds. The van der Waals surface area contributed by atoms with Crippen molar-refractivity contribution in [2.75, 3.05) is 6.54 Å². The summed E-state index contributed by atoms with van der Waals surface area (Å²) in [6, 6.07) is 5.02. The van der Waals surface area contributed by atoms with E-state index in [4.69, 9.17) is 5.73 Å². The first-order valence-electron chi connectivity index (χ1n) is 5.31. The van der Waals surface area contributed by atoms with E-state index in [0.29, 0.717) is 13.1 Å². The Bertz CT molecular complexity index is 452. The van der Waals surface area contributed by atoms with Crippen molar-refractivity contribution in [1.82, 2.24) is 15.1 Å². The SMILES string of the molecule is NC(C(=O)NCCn1cccn1)c1cccs1. The van der Waals surface area contributed by atoms with Crippen molar-refractivity contribution in [3.8, 4) is 0 Å². The van der Waals surface area contributed by atoms with Gasteiger partial charge in [-0.3, -0.25) is 9.48 Å². The second kappa shape index (κ2) is 5.60. The zero-order valence-corrected chi connectivity index (χ0v) is 10.1. The number of carbonyl (C=O) groups is 1. The molecule has 2 aromatic heterocycles. The number of nitrogens with one attached hydrogen (secondary N) is 1. The topological polar surface area (TPSA) is 72.9 Å². The van der Waals surface area contributed by atoms with E-state index in [1.807, 2.05) is 29.8 Å². The zero-order valence-electron chi connectivity index (χ0n) is 9.24. The average molecular weight is 250 g/mol. The van der Waals surface area contributed by atoms with Crippen molar-refractivity contribution in [2.45, 2.75) is 12.6 Å². The van der Waals surface area contributed by atoms with Crippen molar-refractivity contribution in [1.29, 1.82) is 0 Å². The summed E-state index contributed by atoms with van der Waals surface area (Å²) < 4.78 is 1.76. The van der Waals surface area contributed by atoms with Crippen LogP contribution in [0.4, 0.5) is 0 Å². The molecule has 0 bridgehead atoms. The number of nitrogens with two attached hydrogens (primary N) is 1. The Balaban J connectivity index is 1.77. The normalized spacial score (nSPS) is 12.3. The number of thiophene rings is 1. The molecule has 0 saturated heterocycles. The average Bonchev–Trinajstić information content (AvgIpc) is 3.00. The molecule has 0 spiro atoms. The highest BCUT2D eigenvalue weighted by atomic mass is 32.1. The molecule has 0 aromatic carbocycles. The third-order valence-corrected chi connectivity index (χ3v) is 3.29. The van der Waals surface area contributed by atoms with Gasteiger partial charge in [-0.25, -0.2) is 0 Å². The number of carbonyl (C=O) groups excluding carboxylic acids is 1. The summed E-state index contributed by atoms with van der Waals surface area (Å²) in [7, 11) is 0. The fourth-order valence-electron chi connectivity index (χ4n) is 1.43. The van der Waals surface area contributed by atoms with Crippen molar-refractivity contribution in [2.24, 2.45) is 5.73 Å². The Morgan fingerprint density at radius 1 is 1.59 bits per heavy atom. The molecule has 0 radical (unpaired) electrons. The molecule has 2 heterocycles. The molecule has 0 aliphatic heterocycles. The van der Waals surface area contributed by atoms with Crippen LogP contribution in [0.3, 0.4) is 0 Å². The van der Waals surface area contributed by atoms with Crippen LogP contribution < -0.4 is 11.1 Å². The highest BCUT2D eigenvalue weighted by Gasteiger charge is 2.15. The standard InChI is InChI=1S/C11H14N4OS/c12-10(9-3-1-8-17-9)11(16)13-5-7-15-6-2-4-14-15/h1-4,6,8,10H,5,7,12H2,(H,13,16). The second-order valence-corrected chi connectivity index (χ2v) is 4.53. The molecule has 17 heavy (non-hydrogen) atoms. The van der Waals surface area contributed by atoms with Gasteiger partial charge < -0.3 is 11.1 Å². The minimum absolute atomic E-state index is 0.153. The van der Waals surface area contributed by atoms with E-state index in [2.05, 4.69) is 10.4 Å². The Morgan fingerprint density at radius 2 is 2.47 bits per heavy atom. The van der Waals surface area contributed by atoms with Crippen LogP contribution in [0.5, 0.6) is 0 Å². The lowest BCUT2D eigenvalue weighted by Crippen LogP contribution is -2.35. The molecule has 6 heteroatoms. The summed E-state index contributed by atoms with van der Waals surface area (Å²) in [6.07, 6.45) is 3.56. The Morgan fingerprint density at radius 3 is 3.12 bits per heavy atom. The van der Waals surface area contributed by atoms with Gasteiger partial charge in [0.15, 0.2) is 0 Å². The first-order chi connectivity index (χ1) is 8.27. The van der Waals surface area contributed by atoms with Gasteiger partial charge in [0.2, 0.25) is 5.91 Å². The van der Waals surface area contributed by atoms with E-state index in [9.17, 15) is 4.79 Å². The van der Waals surface area contributed by atoms with E-state index in [1.54, 1.807) is 10.9 Å². The van der Waals surface area contributed by atoms with Gasteiger partial charge in [-0.05, 0) is 17.5 Å². The van der Waals surface area contributed by atoms with Gasteiger partial charge in [-0.15, -0.1) is 11.3 Å². The summed E-state index contributed by atoms with van der Waals surface area (Å²) in [4.78, 5) is 12.6. The summed E-state index contributed by atoms with van der Waals surface area (Å²) in [5.74, 6) is -0.153. The van der Waals surface area contributed by atoms with Crippen molar-refractivity contribution < 1.29 is 4.79 Å². The molecule has 5 nitrogen and oxygen atoms in total. The summed E-state index contributed by atoms with van der Waals surface area (Å²) >= 11 is 1.49. The smallest absolute Gasteiger partial charge is 0.242 e. The highest BCUT2D eigenvalue weighted by Crippen LogP contribution is 2.16. The molecule has 2 aromatic rings. The van der Waals surface area contributed by atoms with E-state index in [-0.39, 0.29) is 5.91 Å². The van der Waals surface area contributed by atoms with Crippen molar-refractivity contribution in [3.05, 3.63) is 40.8 Å². The lowest BCUT2D eigenvalue weighted by atomic mass is 10.2. The zero-order chi connectivity index (χ0) is 12.1. The highest BCUT2D eigenvalue weighted by molar-refractivity contribution is 7.10. The van der Waals surface area contributed by atoms with Crippen molar-refractivity contribution in [3.63, 3.8) is 0 Å². The van der Waals surface area contributed by atoms with Crippen LogP contribution in [-0.2, 0) is 11.3 Å². The van der Waals surface area contributed by atoms with Crippen LogP contribution in [-0.4, -0.2) is 22.2 Å². The molecule has 2 rings (SSSR count). The Hall–Kier alpha value is -1.66. The van der Waals surface area contributed by atoms with E-state index in [1.165, 1.54) is 11.3 Å². The maximum absolute atomic E-state index is 11.7. The van der Waals surface area contributed by atoms with Crippen LogP contribution in [0.2, 0.25) is 0 Å². The minimum atomic E-state index is -0.576. The molecule has 90 valence electrons. The summed E-state index contributed by atoms with van der Waals surface area (Å²) in [6.45, 7) is 1.18. The minimum Gasteiger partial charge on any atom is -0.353 e. The number of hydrogen-bond donors (Lipinski definition) is 2. The molecule has 1 atom stereocenters. The van der Waals surface area contributed by atoms with Gasteiger partial charge in [0, 0.05) is 23.8 Å². The molecule has 0 aliphatic rings. The first kappa shape index (κ1) is 11.8. The van der Waals surface area contributed by atoms with Gasteiger partial charge >= 0.3 is 0 Å².